The van der Waals surface area contributed by atoms with Crippen molar-refractivity contribution < 1.29 is 13.9 Å². The van der Waals surface area contributed by atoms with Gasteiger partial charge in [0.2, 0.25) is 5.89 Å². The van der Waals surface area contributed by atoms with Gasteiger partial charge in [-0.25, -0.2) is 4.98 Å². The fourth-order valence-corrected chi connectivity index (χ4v) is 2.83. The Morgan fingerprint density at radius 2 is 2.07 bits per heavy atom. The summed E-state index contributed by atoms with van der Waals surface area (Å²) in [4.78, 5) is 4.40. The normalized spacial score (nSPS) is 11.1. The molecule has 5 heteroatoms. The average molecular weight is 372 g/mol. The lowest BCUT2D eigenvalue weighted by Crippen LogP contribution is -2.01. The lowest BCUT2D eigenvalue weighted by Gasteiger charge is -2.15. The first-order valence-corrected chi connectivity index (χ1v) is 8.73. The van der Waals surface area contributed by atoms with Gasteiger partial charge in [-0.3, -0.25) is 0 Å². The maximum absolute atomic E-state index is 9.63. The first kappa shape index (κ1) is 19.0. The van der Waals surface area contributed by atoms with Crippen LogP contribution >= 0.6 is 0 Å². The highest BCUT2D eigenvalue weighted by Gasteiger charge is 2.14. The number of benzene rings is 2. The lowest BCUT2D eigenvalue weighted by molar-refractivity contribution is 0.323. The number of ether oxygens (including phenoxy) is 2. The molecule has 0 saturated carbocycles. The molecule has 0 fully saturated rings. The number of nitrogens with zero attached hydrogens (tertiary/aromatic N) is 2. The molecular weight excluding hydrogens is 352 g/mol. The van der Waals surface area contributed by atoms with Crippen LogP contribution in [-0.2, 0) is 6.42 Å². The van der Waals surface area contributed by atoms with E-state index in [0.717, 1.165) is 11.1 Å². The number of hydrogen-bond donors (Lipinski definition) is 0. The Balaban J connectivity index is 2.07. The topological polar surface area (TPSA) is 68.3 Å². The molecule has 1 aromatic heterocycles. The van der Waals surface area contributed by atoms with Gasteiger partial charge in [0, 0.05) is 5.56 Å². The van der Waals surface area contributed by atoms with Crippen molar-refractivity contribution in [2.75, 3.05) is 13.7 Å². The third-order valence-electron chi connectivity index (χ3n) is 4.04. The minimum absolute atomic E-state index is 0.278. The summed E-state index contributed by atoms with van der Waals surface area (Å²) in [5, 5.41) is 9.63. The van der Waals surface area contributed by atoms with Crippen LogP contribution in [0.5, 0.6) is 11.5 Å². The Bertz CT molecular complexity index is 1050. The Morgan fingerprint density at radius 3 is 2.75 bits per heavy atom. The van der Waals surface area contributed by atoms with Crippen LogP contribution in [0.2, 0.25) is 0 Å². The summed E-state index contributed by atoms with van der Waals surface area (Å²) in [6, 6.07) is 13.3. The minimum atomic E-state index is 0.278. The number of oxazole rings is 1. The Morgan fingerprint density at radius 1 is 1.25 bits per heavy atom. The molecule has 0 N–H and O–H groups in total. The van der Waals surface area contributed by atoms with Crippen LogP contribution in [0, 0.1) is 11.3 Å². The van der Waals surface area contributed by atoms with E-state index >= 15 is 0 Å². The molecule has 0 aliphatic heterocycles. The van der Waals surface area contributed by atoms with Crippen molar-refractivity contribution in [3.05, 3.63) is 78.7 Å². The highest BCUT2D eigenvalue weighted by atomic mass is 16.5. The minimum Gasteiger partial charge on any atom is -0.493 e. The lowest BCUT2D eigenvalue weighted by atomic mass is 10.0. The molecule has 0 unspecified atom stereocenters. The number of fused-ring (bicyclic) bond motifs is 1. The van der Waals surface area contributed by atoms with Crippen LogP contribution in [0.15, 0.2) is 66.1 Å². The van der Waals surface area contributed by atoms with Crippen molar-refractivity contribution in [1.29, 1.82) is 5.26 Å². The van der Waals surface area contributed by atoms with Crippen molar-refractivity contribution in [3.63, 3.8) is 0 Å². The van der Waals surface area contributed by atoms with E-state index in [1.165, 1.54) is 0 Å². The molecule has 3 aromatic rings. The molecule has 2 aromatic carbocycles. The molecule has 140 valence electrons. The van der Waals surface area contributed by atoms with Gasteiger partial charge in [0.1, 0.15) is 23.8 Å². The van der Waals surface area contributed by atoms with E-state index in [-0.39, 0.29) is 5.89 Å². The van der Waals surface area contributed by atoms with Crippen molar-refractivity contribution in [1.82, 2.24) is 4.98 Å². The van der Waals surface area contributed by atoms with Gasteiger partial charge in [0.15, 0.2) is 17.1 Å². The van der Waals surface area contributed by atoms with Gasteiger partial charge in [0.25, 0.3) is 0 Å². The molecule has 1 heterocycles. The fraction of sp³-hybridized carbons (Fsp3) is 0.130. The number of methoxy groups -OCH3 is 1. The van der Waals surface area contributed by atoms with E-state index in [1.54, 1.807) is 25.3 Å². The zero-order valence-electron chi connectivity index (χ0n) is 15.6. The summed E-state index contributed by atoms with van der Waals surface area (Å²) in [7, 11) is 1.58. The van der Waals surface area contributed by atoms with Crippen molar-refractivity contribution in [2.45, 2.75) is 6.42 Å². The second-order valence-corrected chi connectivity index (χ2v) is 5.96. The van der Waals surface area contributed by atoms with Gasteiger partial charge >= 0.3 is 0 Å². The van der Waals surface area contributed by atoms with Crippen LogP contribution in [-0.4, -0.2) is 18.7 Å². The molecule has 0 bridgehead atoms. The fourth-order valence-electron chi connectivity index (χ4n) is 2.83. The van der Waals surface area contributed by atoms with Gasteiger partial charge in [-0.15, -0.1) is 6.58 Å². The van der Waals surface area contributed by atoms with E-state index in [0.29, 0.717) is 41.2 Å². The van der Waals surface area contributed by atoms with E-state index in [1.807, 2.05) is 36.4 Å². The second-order valence-electron chi connectivity index (χ2n) is 5.96. The Hall–Kier alpha value is -3.78. The van der Waals surface area contributed by atoms with Gasteiger partial charge < -0.3 is 13.9 Å². The molecule has 0 atom stereocenters. The molecule has 0 saturated heterocycles. The number of hydrogen-bond acceptors (Lipinski definition) is 5. The monoisotopic (exact) mass is 372 g/mol. The van der Waals surface area contributed by atoms with Crippen molar-refractivity contribution in [2.24, 2.45) is 0 Å². The van der Waals surface area contributed by atoms with E-state index in [9.17, 15) is 5.26 Å². The van der Waals surface area contributed by atoms with Gasteiger partial charge in [-0.2, -0.15) is 5.26 Å². The zero-order valence-corrected chi connectivity index (χ0v) is 15.6. The molecule has 28 heavy (non-hydrogen) atoms. The first-order valence-electron chi connectivity index (χ1n) is 8.73. The predicted molar refractivity (Wildman–Crippen MR) is 110 cm³/mol. The quantitative estimate of drug-likeness (QED) is 0.402. The van der Waals surface area contributed by atoms with E-state index < -0.39 is 0 Å². The van der Waals surface area contributed by atoms with Gasteiger partial charge in [0.05, 0.1) is 7.11 Å². The van der Waals surface area contributed by atoms with Gasteiger partial charge in [-0.1, -0.05) is 30.9 Å². The number of aromatic nitrogens is 1. The number of rotatable bonds is 8. The Kier molecular flexibility index (Phi) is 5.93. The third kappa shape index (κ3) is 3.97. The Labute approximate surface area is 163 Å². The molecule has 3 rings (SSSR count). The molecule has 0 amide bonds. The maximum Gasteiger partial charge on any atom is 0.238 e. The van der Waals surface area contributed by atoms with Crippen LogP contribution < -0.4 is 9.47 Å². The summed E-state index contributed by atoms with van der Waals surface area (Å²) < 4.78 is 17.0. The van der Waals surface area contributed by atoms with Crippen molar-refractivity contribution >= 4 is 22.7 Å². The molecular formula is C23H20N2O3. The molecule has 0 radical (unpaired) electrons. The summed E-state index contributed by atoms with van der Waals surface area (Å²) in [5.41, 5.74) is 3.34. The standard InChI is InChI=1S/C23H20N2O3/c1-4-8-17-12-16(14-21(26-3)22(17)27-11-5-2)13-18(15-24)23-25-19-9-6-7-10-20(19)28-23/h4-7,9-10,12-14H,1-2,8,11H2,3H3/b18-13+. The highest BCUT2D eigenvalue weighted by Crippen LogP contribution is 2.35. The molecule has 0 spiro atoms. The summed E-state index contributed by atoms with van der Waals surface area (Å²) in [6.45, 7) is 7.84. The number of nitriles is 1. The van der Waals surface area contributed by atoms with E-state index in [4.69, 9.17) is 13.9 Å². The summed E-state index contributed by atoms with van der Waals surface area (Å²) in [6.07, 6.45) is 5.77. The van der Waals surface area contributed by atoms with Crippen LogP contribution in [0.1, 0.15) is 17.0 Å². The van der Waals surface area contributed by atoms with Gasteiger partial charge in [-0.05, 0) is 42.3 Å². The largest absolute Gasteiger partial charge is 0.493 e. The zero-order chi connectivity index (χ0) is 19.9. The summed E-state index contributed by atoms with van der Waals surface area (Å²) in [5.74, 6) is 1.49. The summed E-state index contributed by atoms with van der Waals surface area (Å²) >= 11 is 0. The van der Waals surface area contributed by atoms with Crippen LogP contribution in [0.3, 0.4) is 0 Å². The van der Waals surface area contributed by atoms with Crippen LogP contribution in [0.4, 0.5) is 0 Å². The average Bonchev–Trinajstić information content (AvgIpc) is 3.15. The maximum atomic E-state index is 9.63. The van der Waals surface area contributed by atoms with Crippen molar-refractivity contribution in [3.8, 4) is 17.6 Å². The molecule has 0 aliphatic rings. The number of allylic oxidation sites excluding steroid dienone is 2. The third-order valence-corrected chi connectivity index (χ3v) is 4.04. The SMILES string of the molecule is C=CCOc1c(CC=C)cc(/C=C(\C#N)c2nc3ccccc3o2)cc1OC. The smallest absolute Gasteiger partial charge is 0.238 e. The predicted octanol–water partition coefficient (Wildman–Crippen LogP) is 5.19. The molecule has 5 nitrogen and oxygen atoms in total. The van der Waals surface area contributed by atoms with E-state index in [2.05, 4.69) is 24.2 Å². The van der Waals surface area contributed by atoms with Crippen LogP contribution in [0.25, 0.3) is 22.7 Å². The second kappa shape index (κ2) is 8.74. The highest BCUT2D eigenvalue weighted by molar-refractivity contribution is 5.89. The number of para-hydroxylation sites is 2. The molecule has 0 aliphatic carbocycles. The first-order chi connectivity index (χ1) is 13.7.